The molecule has 1 aromatic heterocycles. The van der Waals surface area contributed by atoms with E-state index >= 15 is 0 Å². The van der Waals surface area contributed by atoms with Crippen molar-refractivity contribution in [2.24, 2.45) is 0 Å². The molecule has 2 aromatic rings. The Balaban J connectivity index is 2.51. The molecule has 0 saturated carbocycles. The molecule has 0 radical (unpaired) electrons. The van der Waals surface area contributed by atoms with Crippen molar-refractivity contribution in [1.29, 1.82) is 0 Å². The summed E-state index contributed by atoms with van der Waals surface area (Å²) in [5, 5.41) is 4.38. The molecular formula is C17H22ClNO. The number of hydrogen-bond donors (Lipinski definition) is 1. The molecule has 0 aliphatic rings. The number of rotatable bonds is 5. The smallest absolute Gasteiger partial charge is 0.108 e. The molecule has 1 unspecified atom stereocenters. The zero-order valence-electron chi connectivity index (χ0n) is 12.6. The van der Waals surface area contributed by atoms with Crippen molar-refractivity contribution < 1.29 is 4.42 Å². The Morgan fingerprint density at radius 1 is 1.15 bits per heavy atom. The SMILES string of the molecule is CCNC(c1cc(C)c(Cl)cc1C)c1ccoc1CC. The van der Waals surface area contributed by atoms with E-state index < -0.39 is 0 Å². The monoisotopic (exact) mass is 291 g/mol. The predicted octanol–water partition coefficient (Wildman–Crippen LogP) is 4.81. The maximum atomic E-state index is 6.21. The molecule has 2 nitrogen and oxygen atoms in total. The Morgan fingerprint density at radius 3 is 2.55 bits per heavy atom. The molecule has 0 aliphatic heterocycles. The Morgan fingerprint density at radius 2 is 1.90 bits per heavy atom. The lowest BCUT2D eigenvalue weighted by atomic mass is 9.93. The molecule has 0 fully saturated rings. The third-order valence-corrected chi connectivity index (χ3v) is 4.09. The van der Waals surface area contributed by atoms with Crippen LogP contribution in [0.4, 0.5) is 0 Å². The molecule has 0 aliphatic carbocycles. The van der Waals surface area contributed by atoms with E-state index in [2.05, 4.69) is 38.2 Å². The van der Waals surface area contributed by atoms with Gasteiger partial charge in [0.2, 0.25) is 0 Å². The number of furan rings is 1. The van der Waals surface area contributed by atoms with Gasteiger partial charge in [-0.2, -0.15) is 0 Å². The number of halogens is 1. The van der Waals surface area contributed by atoms with Gasteiger partial charge in [0.15, 0.2) is 0 Å². The van der Waals surface area contributed by atoms with Gasteiger partial charge in [0.25, 0.3) is 0 Å². The minimum Gasteiger partial charge on any atom is -0.469 e. The van der Waals surface area contributed by atoms with Crippen molar-refractivity contribution in [3.05, 3.63) is 57.5 Å². The fraction of sp³-hybridized carbons (Fsp3) is 0.412. The summed E-state index contributed by atoms with van der Waals surface area (Å²) in [5.41, 5.74) is 4.80. The normalized spacial score (nSPS) is 12.7. The summed E-state index contributed by atoms with van der Waals surface area (Å²) < 4.78 is 5.59. The molecule has 2 rings (SSSR count). The van der Waals surface area contributed by atoms with E-state index in [0.29, 0.717) is 0 Å². The highest BCUT2D eigenvalue weighted by Gasteiger charge is 2.20. The summed E-state index contributed by atoms with van der Waals surface area (Å²) in [6, 6.07) is 6.44. The van der Waals surface area contributed by atoms with Crippen LogP contribution < -0.4 is 5.32 Å². The van der Waals surface area contributed by atoms with Gasteiger partial charge in [-0.25, -0.2) is 0 Å². The van der Waals surface area contributed by atoms with Crippen LogP contribution in [0, 0.1) is 13.8 Å². The van der Waals surface area contributed by atoms with E-state index in [9.17, 15) is 0 Å². The average Bonchev–Trinajstić information content (AvgIpc) is 2.88. The van der Waals surface area contributed by atoms with Gasteiger partial charge in [0.05, 0.1) is 12.3 Å². The molecule has 1 atom stereocenters. The summed E-state index contributed by atoms with van der Waals surface area (Å²) in [5.74, 6) is 1.04. The average molecular weight is 292 g/mol. The molecule has 0 bridgehead atoms. The fourth-order valence-corrected chi connectivity index (χ4v) is 2.82. The van der Waals surface area contributed by atoms with E-state index in [0.717, 1.165) is 29.3 Å². The fourth-order valence-electron chi connectivity index (χ4n) is 2.60. The van der Waals surface area contributed by atoms with Gasteiger partial charge in [0, 0.05) is 17.0 Å². The van der Waals surface area contributed by atoms with Gasteiger partial charge in [-0.1, -0.05) is 31.5 Å². The van der Waals surface area contributed by atoms with E-state index in [1.165, 1.54) is 16.7 Å². The summed E-state index contributed by atoms with van der Waals surface area (Å²) >= 11 is 6.21. The molecule has 108 valence electrons. The lowest BCUT2D eigenvalue weighted by molar-refractivity contribution is 0.502. The van der Waals surface area contributed by atoms with Crippen molar-refractivity contribution in [1.82, 2.24) is 5.32 Å². The van der Waals surface area contributed by atoms with Crippen LogP contribution in [0.1, 0.15) is 47.9 Å². The summed E-state index contributed by atoms with van der Waals surface area (Å²) in [4.78, 5) is 0. The summed E-state index contributed by atoms with van der Waals surface area (Å²) in [6.45, 7) is 9.29. The summed E-state index contributed by atoms with van der Waals surface area (Å²) in [6.07, 6.45) is 2.67. The second-order valence-electron chi connectivity index (χ2n) is 5.10. The van der Waals surface area contributed by atoms with Crippen molar-refractivity contribution in [2.75, 3.05) is 6.54 Å². The van der Waals surface area contributed by atoms with Crippen LogP contribution in [0.15, 0.2) is 28.9 Å². The van der Waals surface area contributed by atoms with E-state index in [1.54, 1.807) is 6.26 Å². The highest BCUT2D eigenvalue weighted by molar-refractivity contribution is 6.31. The Kier molecular flexibility index (Phi) is 4.90. The molecular weight excluding hydrogens is 270 g/mol. The van der Waals surface area contributed by atoms with Crippen molar-refractivity contribution >= 4 is 11.6 Å². The third-order valence-electron chi connectivity index (χ3n) is 3.68. The highest BCUT2D eigenvalue weighted by atomic mass is 35.5. The third kappa shape index (κ3) is 2.92. The maximum Gasteiger partial charge on any atom is 0.108 e. The number of aryl methyl sites for hydroxylation is 3. The largest absolute Gasteiger partial charge is 0.469 e. The van der Waals surface area contributed by atoms with Gasteiger partial charge in [-0.05, 0) is 49.2 Å². The van der Waals surface area contributed by atoms with Crippen LogP contribution in [0.25, 0.3) is 0 Å². The minimum atomic E-state index is 0.157. The Labute approximate surface area is 126 Å². The van der Waals surface area contributed by atoms with Gasteiger partial charge >= 0.3 is 0 Å². The minimum absolute atomic E-state index is 0.157. The van der Waals surface area contributed by atoms with Gasteiger partial charge in [0.1, 0.15) is 5.76 Å². The second-order valence-corrected chi connectivity index (χ2v) is 5.51. The van der Waals surface area contributed by atoms with Crippen LogP contribution in [-0.2, 0) is 6.42 Å². The van der Waals surface area contributed by atoms with E-state index in [1.807, 2.05) is 13.0 Å². The van der Waals surface area contributed by atoms with Crippen LogP contribution in [0.3, 0.4) is 0 Å². The molecule has 3 heteroatoms. The van der Waals surface area contributed by atoms with Crippen LogP contribution in [0.2, 0.25) is 5.02 Å². The molecule has 1 heterocycles. The first-order valence-corrected chi connectivity index (χ1v) is 7.52. The molecule has 0 amide bonds. The van der Waals surface area contributed by atoms with Crippen LogP contribution in [0.5, 0.6) is 0 Å². The second kappa shape index (κ2) is 6.47. The highest BCUT2D eigenvalue weighted by Crippen LogP contribution is 2.31. The Hall–Kier alpha value is -1.25. The first kappa shape index (κ1) is 15.1. The zero-order chi connectivity index (χ0) is 14.7. The number of benzene rings is 1. The number of hydrogen-bond acceptors (Lipinski definition) is 2. The van der Waals surface area contributed by atoms with Crippen molar-refractivity contribution in [2.45, 2.75) is 40.2 Å². The Bertz CT molecular complexity index is 589. The predicted molar refractivity (Wildman–Crippen MR) is 84.5 cm³/mol. The van der Waals surface area contributed by atoms with Crippen LogP contribution >= 0.6 is 11.6 Å². The molecule has 1 N–H and O–H groups in total. The quantitative estimate of drug-likeness (QED) is 0.855. The van der Waals surface area contributed by atoms with Gasteiger partial charge in [-0.15, -0.1) is 0 Å². The van der Waals surface area contributed by atoms with Crippen molar-refractivity contribution in [3.8, 4) is 0 Å². The molecule has 20 heavy (non-hydrogen) atoms. The summed E-state index contributed by atoms with van der Waals surface area (Å²) in [7, 11) is 0. The topological polar surface area (TPSA) is 25.2 Å². The van der Waals surface area contributed by atoms with Gasteiger partial charge in [-0.3, -0.25) is 0 Å². The number of nitrogens with one attached hydrogen (secondary N) is 1. The lowest BCUT2D eigenvalue weighted by Crippen LogP contribution is -2.23. The van der Waals surface area contributed by atoms with E-state index in [-0.39, 0.29) is 6.04 Å². The molecule has 1 aromatic carbocycles. The first-order chi connectivity index (χ1) is 9.58. The van der Waals surface area contributed by atoms with Crippen LogP contribution in [-0.4, -0.2) is 6.54 Å². The molecule has 0 saturated heterocycles. The lowest BCUT2D eigenvalue weighted by Gasteiger charge is -2.21. The van der Waals surface area contributed by atoms with E-state index in [4.69, 9.17) is 16.0 Å². The maximum absolute atomic E-state index is 6.21. The van der Waals surface area contributed by atoms with Gasteiger partial charge < -0.3 is 9.73 Å². The molecule has 0 spiro atoms. The standard InChI is InChI=1S/C17H22ClNO/c1-5-16-13(7-8-20-16)17(19-6-2)14-9-12(4)15(18)10-11(14)3/h7-10,17,19H,5-6H2,1-4H3. The van der Waals surface area contributed by atoms with Crippen molar-refractivity contribution in [3.63, 3.8) is 0 Å². The first-order valence-electron chi connectivity index (χ1n) is 7.14. The zero-order valence-corrected chi connectivity index (χ0v) is 13.3.